The highest BCUT2D eigenvalue weighted by atomic mass is 16.6. The molecule has 0 unspecified atom stereocenters. The van der Waals surface area contributed by atoms with Gasteiger partial charge in [-0.05, 0) is 25.0 Å². The van der Waals surface area contributed by atoms with Crippen LogP contribution in [0.4, 0.5) is 0 Å². The minimum Gasteiger partial charge on any atom is -0.446 e. The highest BCUT2D eigenvalue weighted by Gasteiger charge is 2.29. The predicted molar refractivity (Wildman–Crippen MR) is 83.7 cm³/mol. The molecular weight excluding hydrogens is 260 g/mol. The van der Waals surface area contributed by atoms with E-state index in [4.69, 9.17) is 11.2 Å². The van der Waals surface area contributed by atoms with Crippen molar-refractivity contribution in [1.82, 2.24) is 0 Å². The molecule has 0 N–H and O–H groups in total. The smallest absolute Gasteiger partial charge is 0.319 e. The number of carbonyl (C=O) groups excluding carboxylic acids is 1. The Morgan fingerprint density at radius 2 is 1.43 bits per heavy atom. The number of hydrogen-bond donors (Lipinski definition) is 0. The first kappa shape index (κ1) is 14.9. The van der Waals surface area contributed by atoms with Crippen LogP contribution in [0, 0.1) is 12.3 Å². The topological polar surface area (TPSA) is 26.3 Å². The van der Waals surface area contributed by atoms with E-state index in [0.717, 1.165) is 11.1 Å². The second-order valence-corrected chi connectivity index (χ2v) is 5.33. The Hall–Kier alpha value is -2.53. The van der Waals surface area contributed by atoms with Crippen LogP contribution in [0.5, 0.6) is 0 Å². The van der Waals surface area contributed by atoms with Crippen LogP contribution >= 0.6 is 0 Å². The summed E-state index contributed by atoms with van der Waals surface area (Å²) in [5, 5.41) is 0. The molecule has 0 aliphatic heterocycles. The maximum Gasteiger partial charge on any atom is 0.319 e. The molecule has 21 heavy (non-hydrogen) atoms. The molecule has 0 aromatic heterocycles. The number of esters is 1. The molecule has 2 aromatic carbocycles. The van der Waals surface area contributed by atoms with Crippen molar-refractivity contribution in [1.29, 1.82) is 0 Å². The van der Waals surface area contributed by atoms with Crippen molar-refractivity contribution in [3.05, 3.63) is 71.8 Å². The summed E-state index contributed by atoms with van der Waals surface area (Å²) in [6.45, 7) is 3.41. The van der Waals surface area contributed by atoms with Crippen LogP contribution in [0.25, 0.3) is 0 Å². The van der Waals surface area contributed by atoms with E-state index in [0.29, 0.717) is 0 Å². The molecular formula is C19H18O2. The Balaban J connectivity index is 2.39. The number of rotatable bonds is 4. The van der Waals surface area contributed by atoms with Crippen molar-refractivity contribution < 1.29 is 9.53 Å². The normalized spacial score (nSPS) is 11.0. The Kier molecular flexibility index (Phi) is 4.45. The second kappa shape index (κ2) is 6.28. The zero-order valence-electron chi connectivity index (χ0n) is 12.2. The first-order valence-electron chi connectivity index (χ1n) is 6.84. The third kappa shape index (κ3) is 3.73. The summed E-state index contributed by atoms with van der Waals surface area (Å²) in [6.07, 6.45) is 5.40. The molecule has 2 heteroatoms. The van der Waals surface area contributed by atoms with Gasteiger partial charge >= 0.3 is 5.97 Å². The van der Waals surface area contributed by atoms with Crippen LogP contribution in [0.15, 0.2) is 60.7 Å². The van der Waals surface area contributed by atoms with Crippen LogP contribution in [0.1, 0.15) is 30.9 Å². The van der Waals surface area contributed by atoms with Crippen molar-refractivity contribution in [3.63, 3.8) is 0 Å². The first-order chi connectivity index (χ1) is 10.0. The molecule has 106 valence electrons. The zero-order valence-corrected chi connectivity index (χ0v) is 12.2. The van der Waals surface area contributed by atoms with Crippen molar-refractivity contribution in [2.24, 2.45) is 0 Å². The largest absolute Gasteiger partial charge is 0.446 e. The Bertz CT molecular complexity index is 597. The monoisotopic (exact) mass is 278 g/mol. The van der Waals surface area contributed by atoms with Gasteiger partial charge in [0.15, 0.2) is 5.60 Å². The summed E-state index contributed by atoms with van der Waals surface area (Å²) < 4.78 is 5.48. The van der Waals surface area contributed by atoms with E-state index in [1.54, 1.807) is 13.8 Å². The predicted octanol–water partition coefficient (Wildman–Crippen LogP) is 3.77. The lowest BCUT2D eigenvalue weighted by atomic mass is 9.91. The highest BCUT2D eigenvalue weighted by molar-refractivity contribution is 5.82. The van der Waals surface area contributed by atoms with Crippen LogP contribution in [-0.4, -0.2) is 11.6 Å². The highest BCUT2D eigenvalue weighted by Crippen LogP contribution is 2.27. The lowest BCUT2D eigenvalue weighted by molar-refractivity contribution is -0.152. The van der Waals surface area contributed by atoms with E-state index in [9.17, 15) is 4.79 Å². The quantitative estimate of drug-likeness (QED) is 0.628. The molecule has 0 radical (unpaired) electrons. The number of benzene rings is 2. The van der Waals surface area contributed by atoms with Gasteiger partial charge in [0.05, 0.1) is 0 Å². The molecule has 0 atom stereocenters. The SMILES string of the molecule is C#CC(C)(C)OC(=O)C(c1ccccc1)c1ccccc1. The average Bonchev–Trinajstić information content (AvgIpc) is 2.49. The van der Waals surface area contributed by atoms with Gasteiger partial charge in [0, 0.05) is 0 Å². The molecule has 0 saturated carbocycles. The van der Waals surface area contributed by atoms with E-state index in [-0.39, 0.29) is 5.97 Å². The lowest BCUT2D eigenvalue weighted by Crippen LogP contribution is -2.29. The van der Waals surface area contributed by atoms with E-state index in [1.807, 2.05) is 60.7 Å². The van der Waals surface area contributed by atoms with Gasteiger partial charge in [0.1, 0.15) is 5.92 Å². The molecule has 0 heterocycles. The van der Waals surface area contributed by atoms with Crippen molar-refractivity contribution in [2.75, 3.05) is 0 Å². The number of carbonyl (C=O) groups is 1. The molecule has 0 aliphatic carbocycles. The third-order valence-corrected chi connectivity index (χ3v) is 3.20. The average molecular weight is 278 g/mol. The molecule has 0 bridgehead atoms. The summed E-state index contributed by atoms with van der Waals surface area (Å²) in [4.78, 5) is 12.6. The molecule has 2 aromatic rings. The van der Waals surface area contributed by atoms with Crippen LogP contribution in [0.2, 0.25) is 0 Å². The Morgan fingerprint density at radius 1 is 1.00 bits per heavy atom. The minimum atomic E-state index is -0.918. The van der Waals surface area contributed by atoms with Gasteiger partial charge in [-0.2, -0.15) is 0 Å². The zero-order chi connectivity index (χ0) is 15.3. The van der Waals surface area contributed by atoms with Crippen molar-refractivity contribution >= 4 is 5.97 Å². The van der Waals surface area contributed by atoms with Gasteiger partial charge in [-0.3, -0.25) is 4.79 Å². The first-order valence-corrected chi connectivity index (χ1v) is 6.84. The molecule has 2 rings (SSSR count). The lowest BCUT2D eigenvalue weighted by Gasteiger charge is -2.23. The van der Waals surface area contributed by atoms with Gasteiger partial charge in [0.2, 0.25) is 0 Å². The summed E-state index contributed by atoms with van der Waals surface area (Å²) in [5.41, 5.74) is 0.863. The van der Waals surface area contributed by atoms with E-state index < -0.39 is 11.5 Å². The third-order valence-electron chi connectivity index (χ3n) is 3.20. The summed E-state index contributed by atoms with van der Waals surface area (Å²) in [6, 6.07) is 19.1. The van der Waals surface area contributed by atoms with Gasteiger partial charge in [-0.1, -0.05) is 66.6 Å². The van der Waals surface area contributed by atoms with Gasteiger partial charge < -0.3 is 4.74 Å². The maximum absolute atomic E-state index is 12.6. The fraction of sp³-hybridized carbons (Fsp3) is 0.211. The van der Waals surface area contributed by atoms with Gasteiger partial charge in [-0.25, -0.2) is 0 Å². The molecule has 0 saturated heterocycles. The molecule has 2 nitrogen and oxygen atoms in total. The maximum atomic E-state index is 12.6. The fourth-order valence-corrected chi connectivity index (χ4v) is 2.10. The standard InChI is InChI=1S/C19H18O2/c1-4-19(2,3)21-18(20)17(15-11-7-5-8-12-15)16-13-9-6-10-14-16/h1,5-14,17H,2-3H3. The second-order valence-electron chi connectivity index (χ2n) is 5.33. The molecule has 0 spiro atoms. The Labute approximate surface area is 125 Å². The fourth-order valence-electron chi connectivity index (χ4n) is 2.10. The molecule has 0 fully saturated rings. The van der Waals surface area contributed by atoms with E-state index in [1.165, 1.54) is 0 Å². The van der Waals surface area contributed by atoms with Gasteiger partial charge in [-0.15, -0.1) is 6.42 Å². The summed E-state index contributed by atoms with van der Waals surface area (Å²) in [7, 11) is 0. The minimum absolute atomic E-state index is 0.338. The summed E-state index contributed by atoms with van der Waals surface area (Å²) in [5.74, 6) is 1.68. The van der Waals surface area contributed by atoms with E-state index in [2.05, 4.69) is 5.92 Å². The molecule has 0 aliphatic rings. The Morgan fingerprint density at radius 3 is 1.81 bits per heavy atom. The van der Waals surface area contributed by atoms with Crippen molar-refractivity contribution in [3.8, 4) is 12.3 Å². The van der Waals surface area contributed by atoms with Crippen LogP contribution in [0.3, 0.4) is 0 Å². The van der Waals surface area contributed by atoms with Gasteiger partial charge in [0.25, 0.3) is 0 Å². The van der Waals surface area contributed by atoms with E-state index >= 15 is 0 Å². The summed E-state index contributed by atoms with van der Waals surface area (Å²) >= 11 is 0. The molecule has 0 amide bonds. The number of hydrogen-bond acceptors (Lipinski definition) is 2. The number of terminal acetylenes is 1. The number of ether oxygens (including phenoxy) is 1. The van der Waals surface area contributed by atoms with Crippen LogP contribution in [-0.2, 0) is 9.53 Å². The van der Waals surface area contributed by atoms with Crippen molar-refractivity contribution in [2.45, 2.75) is 25.4 Å². The van der Waals surface area contributed by atoms with Crippen LogP contribution < -0.4 is 0 Å².